The molecule has 0 atom stereocenters. The van der Waals surface area contributed by atoms with Crippen LogP contribution in [0.2, 0.25) is 0 Å². The van der Waals surface area contributed by atoms with Crippen LogP contribution in [0.5, 0.6) is 5.75 Å². The van der Waals surface area contributed by atoms with Gasteiger partial charge in [0, 0.05) is 56.6 Å². The standard InChI is InChI=1S/C21H29FN6O3/c1-21(3-4-21)31-17-9-13(15(23)10-14(17)22)20(25)16(24)11-18(26-2)27-5-7-28(8-6-27)19(30)12-29/h9-11,25,29H,3-8,12,23-24H2,1-2H3. The minimum absolute atomic E-state index is 0.0517. The molecule has 3 rings (SSSR count). The van der Waals surface area contributed by atoms with Crippen molar-refractivity contribution in [2.45, 2.75) is 25.4 Å². The van der Waals surface area contributed by atoms with E-state index in [1.165, 1.54) is 6.07 Å². The Bertz CT molecular complexity index is 933. The van der Waals surface area contributed by atoms with Crippen LogP contribution in [0.3, 0.4) is 0 Å². The SMILES string of the molecule is CN=C(C=C(N)C(=N)c1cc(OC2(C)CC2)c(F)cc1N)N1CCN(C(=O)CO)CC1. The molecule has 1 aliphatic heterocycles. The van der Waals surface area contributed by atoms with Crippen LogP contribution in [-0.4, -0.2) is 77.8 Å². The molecule has 1 saturated heterocycles. The van der Waals surface area contributed by atoms with Crippen LogP contribution in [0.15, 0.2) is 28.9 Å². The highest BCUT2D eigenvalue weighted by Crippen LogP contribution is 2.41. The normalized spacial score (nSPS) is 18.7. The summed E-state index contributed by atoms with van der Waals surface area (Å²) in [6.45, 7) is 3.33. The van der Waals surface area contributed by atoms with Crippen molar-refractivity contribution in [3.05, 3.63) is 35.3 Å². The molecular weight excluding hydrogens is 403 g/mol. The lowest BCUT2D eigenvalue weighted by Crippen LogP contribution is -2.51. The number of hydrogen-bond acceptors (Lipinski definition) is 7. The van der Waals surface area contributed by atoms with Gasteiger partial charge in [-0.3, -0.25) is 15.2 Å². The van der Waals surface area contributed by atoms with Crippen molar-refractivity contribution in [2.75, 3.05) is 45.6 Å². The highest BCUT2D eigenvalue weighted by atomic mass is 19.1. The number of nitrogens with one attached hydrogen (secondary N) is 1. The number of nitrogen functional groups attached to an aromatic ring is 1. The third-order valence-corrected chi connectivity index (χ3v) is 5.58. The molecule has 1 saturated carbocycles. The molecule has 0 unspecified atom stereocenters. The van der Waals surface area contributed by atoms with E-state index < -0.39 is 12.4 Å². The van der Waals surface area contributed by atoms with Gasteiger partial charge in [-0.1, -0.05) is 0 Å². The predicted molar refractivity (Wildman–Crippen MR) is 117 cm³/mol. The fraction of sp³-hybridized carbons (Fsp3) is 0.476. The molecule has 0 aromatic heterocycles. The third-order valence-electron chi connectivity index (χ3n) is 5.58. The number of nitrogens with zero attached hydrogens (tertiary/aromatic N) is 3. The molecule has 168 valence electrons. The van der Waals surface area contributed by atoms with Crippen molar-refractivity contribution < 1.29 is 19.0 Å². The number of anilines is 1. The van der Waals surface area contributed by atoms with Crippen molar-refractivity contribution in [1.29, 1.82) is 5.41 Å². The largest absolute Gasteiger partial charge is 0.484 e. The van der Waals surface area contributed by atoms with Crippen LogP contribution < -0.4 is 16.2 Å². The summed E-state index contributed by atoms with van der Waals surface area (Å²) in [5.41, 5.74) is 12.2. The molecule has 0 spiro atoms. The summed E-state index contributed by atoms with van der Waals surface area (Å²) in [6.07, 6.45) is 3.26. The predicted octanol–water partition coefficient (Wildman–Crippen LogP) is 0.714. The van der Waals surface area contributed by atoms with Gasteiger partial charge >= 0.3 is 0 Å². The maximum atomic E-state index is 14.3. The van der Waals surface area contributed by atoms with Crippen LogP contribution in [0.4, 0.5) is 10.1 Å². The van der Waals surface area contributed by atoms with E-state index >= 15 is 0 Å². The van der Waals surface area contributed by atoms with Gasteiger partial charge in [-0.15, -0.1) is 0 Å². The smallest absolute Gasteiger partial charge is 0.248 e. The summed E-state index contributed by atoms with van der Waals surface area (Å²) in [6, 6.07) is 2.56. The fourth-order valence-corrected chi connectivity index (χ4v) is 3.36. The van der Waals surface area contributed by atoms with Crippen molar-refractivity contribution in [2.24, 2.45) is 10.7 Å². The Balaban J connectivity index is 1.75. The first-order valence-corrected chi connectivity index (χ1v) is 10.1. The molecular formula is C21H29FN6O3. The zero-order valence-electron chi connectivity index (χ0n) is 17.8. The fourth-order valence-electron chi connectivity index (χ4n) is 3.36. The number of ether oxygens (including phenoxy) is 1. The molecule has 1 aromatic rings. The number of carbonyl (C=O) groups excluding carboxylic acids is 1. The molecule has 2 aliphatic rings. The van der Waals surface area contributed by atoms with Crippen LogP contribution in [0.25, 0.3) is 0 Å². The molecule has 31 heavy (non-hydrogen) atoms. The van der Waals surface area contributed by atoms with Crippen molar-refractivity contribution in [3.8, 4) is 5.75 Å². The molecule has 6 N–H and O–H groups in total. The number of carbonyl (C=O) groups is 1. The first-order valence-electron chi connectivity index (χ1n) is 10.1. The van der Waals surface area contributed by atoms with E-state index in [0.29, 0.717) is 32.0 Å². The van der Waals surface area contributed by atoms with Gasteiger partial charge in [0.25, 0.3) is 0 Å². The zero-order chi connectivity index (χ0) is 22.8. The number of piperazine rings is 1. The number of amidine groups is 1. The van der Waals surface area contributed by atoms with Crippen LogP contribution in [-0.2, 0) is 4.79 Å². The highest BCUT2D eigenvalue weighted by Gasteiger charge is 2.40. The van der Waals surface area contributed by atoms with E-state index in [-0.39, 0.29) is 39.9 Å². The second-order valence-electron chi connectivity index (χ2n) is 8.00. The van der Waals surface area contributed by atoms with Crippen LogP contribution >= 0.6 is 0 Å². The summed E-state index contributed by atoms with van der Waals surface area (Å²) in [5.74, 6) is -0.274. The summed E-state index contributed by atoms with van der Waals surface area (Å²) >= 11 is 0. The number of aliphatic imine (C=N–C) groups is 1. The lowest BCUT2D eigenvalue weighted by molar-refractivity contribution is -0.135. The van der Waals surface area contributed by atoms with Crippen molar-refractivity contribution in [3.63, 3.8) is 0 Å². The zero-order valence-corrected chi connectivity index (χ0v) is 17.8. The van der Waals surface area contributed by atoms with Gasteiger partial charge in [-0.2, -0.15) is 0 Å². The molecule has 2 fully saturated rings. The lowest BCUT2D eigenvalue weighted by atomic mass is 10.0. The maximum absolute atomic E-state index is 14.3. The van der Waals surface area contributed by atoms with E-state index in [2.05, 4.69) is 4.99 Å². The number of halogens is 1. The Kier molecular flexibility index (Phi) is 6.49. The van der Waals surface area contributed by atoms with Crippen LogP contribution in [0.1, 0.15) is 25.3 Å². The minimum atomic E-state index is -0.573. The number of benzene rings is 1. The Hall–Kier alpha value is -3.14. The first-order chi connectivity index (χ1) is 14.7. The molecule has 0 bridgehead atoms. The first kappa shape index (κ1) is 22.5. The number of amides is 1. The molecule has 1 amide bonds. The number of rotatable bonds is 6. The Morgan fingerprint density at radius 1 is 1.32 bits per heavy atom. The topological polar surface area (TPSA) is 141 Å². The number of nitrogens with two attached hydrogens (primary N) is 2. The average molecular weight is 433 g/mol. The highest BCUT2D eigenvalue weighted by molar-refractivity contribution is 6.16. The molecule has 0 radical (unpaired) electrons. The van der Waals surface area contributed by atoms with Gasteiger partial charge in [0.05, 0.1) is 11.4 Å². The van der Waals surface area contributed by atoms with Gasteiger partial charge in [-0.05, 0) is 25.8 Å². The molecule has 1 aromatic carbocycles. The van der Waals surface area contributed by atoms with Gasteiger partial charge in [0.15, 0.2) is 11.6 Å². The molecule has 10 heteroatoms. The number of aliphatic hydroxyl groups is 1. The van der Waals surface area contributed by atoms with Gasteiger partial charge in [0.1, 0.15) is 18.0 Å². The Labute approximate surface area is 180 Å². The lowest BCUT2D eigenvalue weighted by Gasteiger charge is -2.35. The van der Waals surface area contributed by atoms with E-state index in [4.69, 9.17) is 26.7 Å². The van der Waals surface area contributed by atoms with Crippen LogP contribution in [0, 0.1) is 11.2 Å². The van der Waals surface area contributed by atoms with Gasteiger partial charge in [-0.25, -0.2) is 4.39 Å². The number of allylic oxidation sites excluding steroid dienone is 1. The second-order valence-corrected chi connectivity index (χ2v) is 8.00. The van der Waals surface area contributed by atoms with Gasteiger partial charge in [0.2, 0.25) is 5.91 Å². The third kappa shape index (κ3) is 5.13. The maximum Gasteiger partial charge on any atom is 0.248 e. The van der Waals surface area contributed by atoms with E-state index in [0.717, 1.165) is 18.9 Å². The quantitative estimate of drug-likeness (QED) is 0.296. The van der Waals surface area contributed by atoms with E-state index in [1.807, 2.05) is 11.8 Å². The Morgan fingerprint density at radius 3 is 2.48 bits per heavy atom. The summed E-state index contributed by atoms with van der Waals surface area (Å²) in [5, 5.41) is 17.5. The van der Waals surface area contributed by atoms with E-state index in [9.17, 15) is 9.18 Å². The second kappa shape index (κ2) is 8.93. The van der Waals surface area contributed by atoms with Gasteiger partial charge < -0.3 is 31.1 Å². The van der Waals surface area contributed by atoms with E-state index in [1.54, 1.807) is 18.0 Å². The van der Waals surface area contributed by atoms with Crippen molar-refractivity contribution in [1.82, 2.24) is 9.80 Å². The summed E-state index contributed by atoms with van der Waals surface area (Å²) in [4.78, 5) is 19.4. The monoisotopic (exact) mass is 432 g/mol. The molecule has 9 nitrogen and oxygen atoms in total. The molecule has 1 aliphatic carbocycles. The molecule has 1 heterocycles. The van der Waals surface area contributed by atoms with Crippen molar-refractivity contribution >= 4 is 23.1 Å². The minimum Gasteiger partial charge on any atom is -0.484 e. The summed E-state index contributed by atoms with van der Waals surface area (Å²) < 4.78 is 20.0. The Morgan fingerprint density at radius 2 is 1.94 bits per heavy atom. The number of hydrogen-bond donors (Lipinski definition) is 4. The number of aliphatic hydroxyl groups excluding tert-OH is 1. The average Bonchev–Trinajstić information content (AvgIpc) is 3.49. The summed E-state index contributed by atoms with van der Waals surface area (Å²) in [7, 11) is 1.61.